The van der Waals surface area contributed by atoms with E-state index in [-0.39, 0.29) is 0 Å². The molecule has 50 valence electrons. The highest BCUT2D eigenvalue weighted by Gasteiger charge is 1.95. The van der Waals surface area contributed by atoms with Gasteiger partial charge in [0.15, 0.2) is 0 Å². The zero-order chi connectivity index (χ0) is 6.69. The Balaban J connectivity index is 2.61. The van der Waals surface area contributed by atoms with E-state index in [1.807, 2.05) is 13.0 Å². The summed E-state index contributed by atoms with van der Waals surface area (Å²) in [5, 5.41) is 7.24. The zero-order valence-electron chi connectivity index (χ0n) is 5.02. The number of hydrogen-bond donors (Lipinski definition) is 1. The summed E-state index contributed by atoms with van der Waals surface area (Å²) < 4.78 is 11.6. The van der Waals surface area contributed by atoms with Gasteiger partial charge in [0.2, 0.25) is 0 Å². The van der Waals surface area contributed by atoms with Crippen LogP contribution in [0.2, 0.25) is 0 Å². The summed E-state index contributed by atoms with van der Waals surface area (Å²) in [6, 6.07) is 1.40. The topological polar surface area (TPSA) is 28.7 Å². The van der Waals surface area contributed by atoms with E-state index in [1.54, 1.807) is 0 Å². The molecule has 1 aromatic heterocycles. The standard InChI is InChI=1S/C5H7FN2S/c1-4-2-5(8-7-4)9-3-6/h2H,3H2,1H3,(H,7,8). The van der Waals surface area contributed by atoms with Crippen molar-refractivity contribution < 1.29 is 4.39 Å². The first-order chi connectivity index (χ1) is 4.33. The molecule has 1 N–H and O–H groups in total. The van der Waals surface area contributed by atoms with Crippen LogP contribution < -0.4 is 0 Å². The molecule has 0 atom stereocenters. The summed E-state index contributed by atoms with van der Waals surface area (Å²) in [6.45, 7) is 1.88. The summed E-state index contributed by atoms with van der Waals surface area (Å²) in [5.41, 5.74) is 0.964. The molecule has 0 fully saturated rings. The van der Waals surface area contributed by atoms with Crippen molar-refractivity contribution in [1.82, 2.24) is 10.2 Å². The third kappa shape index (κ3) is 1.71. The number of alkyl halides is 1. The van der Waals surface area contributed by atoms with Gasteiger partial charge in [-0.3, -0.25) is 5.10 Å². The maximum atomic E-state index is 11.6. The van der Waals surface area contributed by atoms with E-state index in [0.717, 1.165) is 22.5 Å². The molecule has 0 radical (unpaired) electrons. The lowest BCUT2D eigenvalue weighted by atomic mass is 10.5. The Morgan fingerprint density at radius 2 is 2.67 bits per heavy atom. The van der Waals surface area contributed by atoms with Gasteiger partial charge < -0.3 is 0 Å². The fourth-order valence-corrected chi connectivity index (χ4v) is 1.00. The van der Waals surface area contributed by atoms with Crippen LogP contribution in [0.15, 0.2) is 11.1 Å². The molecule has 0 saturated heterocycles. The van der Waals surface area contributed by atoms with Gasteiger partial charge in [0.05, 0.1) is 0 Å². The fraction of sp³-hybridized carbons (Fsp3) is 0.400. The van der Waals surface area contributed by atoms with E-state index < -0.39 is 6.01 Å². The number of hydrogen-bond acceptors (Lipinski definition) is 2. The molecule has 0 aliphatic heterocycles. The van der Waals surface area contributed by atoms with Crippen LogP contribution in [-0.2, 0) is 0 Å². The van der Waals surface area contributed by atoms with E-state index in [2.05, 4.69) is 10.2 Å². The van der Waals surface area contributed by atoms with Crippen LogP contribution in [0.5, 0.6) is 0 Å². The van der Waals surface area contributed by atoms with Gasteiger partial charge >= 0.3 is 0 Å². The SMILES string of the molecule is Cc1cc(SCF)n[nH]1. The summed E-state index contributed by atoms with van der Waals surface area (Å²) in [6.07, 6.45) is 0. The second-order valence-corrected chi connectivity index (χ2v) is 2.57. The van der Waals surface area contributed by atoms with E-state index in [0.29, 0.717) is 0 Å². The molecule has 0 aliphatic rings. The first-order valence-electron chi connectivity index (χ1n) is 2.53. The van der Waals surface area contributed by atoms with Crippen LogP contribution in [0.1, 0.15) is 5.69 Å². The van der Waals surface area contributed by atoms with Crippen LogP contribution in [-0.4, -0.2) is 16.2 Å². The number of halogens is 1. The number of thioether (sulfide) groups is 1. The molecule has 0 saturated carbocycles. The predicted octanol–water partition coefficient (Wildman–Crippen LogP) is 1.74. The van der Waals surface area contributed by atoms with Crippen molar-refractivity contribution in [3.8, 4) is 0 Å². The van der Waals surface area contributed by atoms with Crippen molar-refractivity contribution >= 4 is 11.8 Å². The Kier molecular flexibility index (Phi) is 2.10. The van der Waals surface area contributed by atoms with Gasteiger partial charge in [-0.05, 0) is 13.0 Å². The van der Waals surface area contributed by atoms with Gasteiger partial charge in [-0.2, -0.15) is 5.10 Å². The summed E-state index contributed by atoms with van der Waals surface area (Å²) in [7, 11) is 0. The summed E-state index contributed by atoms with van der Waals surface area (Å²) >= 11 is 1.09. The van der Waals surface area contributed by atoms with Gasteiger partial charge in [0.25, 0.3) is 0 Å². The van der Waals surface area contributed by atoms with Crippen molar-refractivity contribution in [2.24, 2.45) is 0 Å². The second-order valence-electron chi connectivity index (χ2n) is 1.64. The second kappa shape index (κ2) is 2.87. The van der Waals surface area contributed by atoms with Crippen molar-refractivity contribution in [2.75, 3.05) is 6.01 Å². The van der Waals surface area contributed by atoms with Crippen LogP contribution in [0.4, 0.5) is 4.39 Å². The first-order valence-corrected chi connectivity index (χ1v) is 3.52. The normalized spacial score (nSPS) is 10.0. The lowest BCUT2D eigenvalue weighted by molar-refractivity contribution is 0.605. The van der Waals surface area contributed by atoms with E-state index in [4.69, 9.17) is 0 Å². The quantitative estimate of drug-likeness (QED) is 0.644. The lowest BCUT2D eigenvalue weighted by Crippen LogP contribution is -1.70. The van der Waals surface area contributed by atoms with Crippen LogP contribution in [0.25, 0.3) is 0 Å². The molecule has 2 nitrogen and oxygen atoms in total. The monoisotopic (exact) mass is 146 g/mol. The number of H-pyrrole nitrogens is 1. The summed E-state index contributed by atoms with van der Waals surface area (Å²) in [4.78, 5) is 0. The molecular weight excluding hydrogens is 139 g/mol. The highest BCUT2D eigenvalue weighted by Crippen LogP contribution is 2.14. The molecule has 1 rings (SSSR count). The molecule has 0 bridgehead atoms. The Morgan fingerprint density at radius 1 is 1.89 bits per heavy atom. The minimum absolute atomic E-state index is 0.412. The molecule has 0 unspecified atom stereocenters. The number of nitrogens with one attached hydrogen (secondary N) is 1. The van der Waals surface area contributed by atoms with Crippen molar-refractivity contribution in [3.05, 3.63) is 11.8 Å². The Bertz CT molecular complexity index is 187. The third-order valence-corrected chi connectivity index (χ3v) is 1.50. The first kappa shape index (κ1) is 6.61. The largest absolute Gasteiger partial charge is 0.282 e. The number of rotatable bonds is 2. The van der Waals surface area contributed by atoms with Gasteiger partial charge in [-0.25, -0.2) is 4.39 Å². The molecule has 0 aromatic carbocycles. The average molecular weight is 146 g/mol. The highest BCUT2D eigenvalue weighted by molar-refractivity contribution is 7.99. The van der Waals surface area contributed by atoms with Crippen molar-refractivity contribution in [1.29, 1.82) is 0 Å². The third-order valence-electron chi connectivity index (χ3n) is 0.885. The molecule has 1 aromatic rings. The van der Waals surface area contributed by atoms with Crippen molar-refractivity contribution in [2.45, 2.75) is 11.9 Å². The number of aromatic amines is 1. The van der Waals surface area contributed by atoms with Gasteiger partial charge in [0.1, 0.15) is 11.0 Å². The van der Waals surface area contributed by atoms with Crippen LogP contribution in [0.3, 0.4) is 0 Å². The number of aromatic nitrogens is 2. The van der Waals surface area contributed by atoms with Crippen molar-refractivity contribution in [3.63, 3.8) is 0 Å². The Hall–Kier alpha value is -0.510. The Morgan fingerprint density at radius 3 is 3.11 bits per heavy atom. The van der Waals surface area contributed by atoms with Crippen LogP contribution >= 0.6 is 11.8 Å². The van der Waals surface area contributed by atoms with Crippen LogP contribution in [0, 0.1) is 6.92 Å². The maximum absolute atomic E-state index is 11.6. The predicted molar refractivity (Wildman–Crippen MR) is 35.2 cm³/mol. The number of aryl methyl sites for hydroxylation is 1. The van der Waals surface area contributed by atoms with E-state index in [9.17, 15) is 4.39 Å². The van der Waals surface area contributed by atoms with Gasteiger partial charge in [-0.1, -0.05) is 11.8 Å². The zero-order valence-corrected chi connectivity index (χ0v) is 5.83. The molecule has 4 heteroatoms. The molecule has 0 amide bonds. The van der Waals surface area contributed by atoms with Gasteiger partial charge in [-0.15, -0.1) is 0 Å². The molecule has 0 spiro atoms. The molecular formula is C5H7FN2S. The number of nitrogens with zero attached hydrogens (tertiary/aromatic N) is 1. The Labute approximate surface area is 56.8 Å². The minimum Gasteiger partial charge on any atom is -0.282 e. The van der Waals surface area contributed by atoms with E-state index >= 15 is 0 Å². The van der Waals surface area contributed by atoms with Gasteiger partial charge in [0, 0.05) is 5.69 Å². The fourth-order valence-electron chi connectivity index (χ4n) is 0.523. The molecule has 0 aliphatic carbocycles. The van der Waals surface area contributed by atoms with E-state index in [1.165, 1.54) is 0 Å². The summed E-state index contributed by atoms with van der Waals surface area (Å²) in [5.74, 6) is 0. The molecule has 9 heavy (non-hydrogen) atoms. The highest BCUT2D eigenvalue weighted by atomic mass is 32.2. The lowest BCUT2D eigenvalue weighted by Gasteiger charge is -1.82. The smallest absolute Gasteiger partial charge is 0.141 e. The molecule has 1 heterocycles. The minimum atomic E-state index is -0.412. The maximum Gasteiger partial charge on any atom is 0.141 e. The average Bonchev–Trinajstić information content (AvgIpc) is 2.17.